The van der Waals surface area contributed by atoms with Crippen LogP contribution in [0.3, 0.4) is 0 Å². The molecule has 19 heavy (non-hydrogen) atoms. The molecule has 2 aromatic rings. The smallest absolute Gasteiger partial charge is 0.308 e. The van der Waals surface area contributed by atoms with E-state index in [9.17, 15) is 9.18 Å². The molecular weight excluding hydrogens is 267 g/mol. The number of halogens is 2. The molecule has 0 radical (unpaired) electrons. The van der Waals surface area contributed by atoms with Crippen molar-refractivity contribution >= 4 is 29.0 Å². The average molecular weight is 279 g/mol. The van der Waals surface area contributed by atoms with Gasteiger partial charge >= 0.3 is 6.03 Å². The predicted molar refractivity (Wildman–Crippen MR) is 75.2 cm³/mol. The van der Waals surface area contributed by atoms with Crippen molar-refractivity contribution in [3.63, 3.8) is 0 Å². The summed E-state index contributed by atoms with van der Waals surface area (Å²) < 4.78 is 13.0. The minimum Gasteiger partial charge on any atom is -0.308 e. The molecule has 0 bridgehead atoms. The van der Waals surface area contributed by atoms with Crippen LogP contribution in [0.5, 0.6) is 0 Å². The maximum Gasteiger partial charge on any atom is 0.323 e. The lowest BCUT2D eigenvalue weighted by molar-refractivity contribution is 0.262. The number of aryl methyl sites for hydroxylation is 1. The van der Waals surface area contributed by atoms with Gasteiger partial charge in [-0.1, -0.05) is 23.7 Å². The average Bonchev–Trinajstić information content (AvgIpc) is 2.34. The van der Waals surface area contributed by atoms with E-state index in [-0.39, 0.29) is 0 Å². The Bertz CT molecular complexity index is 616. The van der Waals surface area contributed by atoms with Gasteiger partial charge in [0.05, 0.1) is 10.7 Å². The van der Waals surface area contributed by atoms with E-state index in [1.165, 1.54) is 18.2 Å². The first kappa shape index (κ1) is 13.4. The molecule has 2 N–H and O–H groups in total. The zero-order chi connectivity index (χ0) is 13.8. The van der Waals surface area contributed by atoms with Crippen LogP contribution >= 0.6 is 11.6 Å². The van der Waals surface area contributed by atoms with Crippen molar-refractivity contribution < 1.29 is 9.18 Å². The maximum absolute atomic E-state index is 13.0. The van der Waals surface area contributed by atoms with Crippen LogP contribution in [0, 0.1) is 12.7 Å². The monoisotopic (exact) mass is 278 g/mol. The molecule has 2 amide bonds. The molecule has 0 aromatic heterocycles. The molecule has 0 saturated heterocycles. The van der Waals surface area contributed by atoms with Crippen LogP contribution < -0.4 is 10.6 Å². The van der Waals surface area contributed by atoms with Crippen LogP contribution in [-0.4, -0.2) is 6.03 Å². The zero-order valence-corrected chi connectivity index (χ0v) is 11.0. The van der Waals surface area contributed by atoms with E-state index in [4.69, 9.17) is 11.6 Å². The number of carbonyl (C=O) groups excluding carboxylic acids is 1. The second-order valence-electron chi connectivity index (χ2n) is 4.07. The number of benzene rings is 2. The Hall–Kier alpha value is -2.07. The summed E-state index contributed by atoms with van der Waals surface area (Å²) in [6.07, 6.45) is 0. The highest BCUT2D eigenvalue weighted by molar-refractivity contribution is 6.33. The summed E-state index contributed by atoms with van der Waals surface area (Å²) in [6.45, 7) is 1.89. The predicted octanol–water partition coefficient (Wildman–Crippen LogP) is 4.43. The third kappa shape index (κ3) is 3.69. The van der Waals surface area contributed by atoms with Gasteiger partial charge in [0.1, 0.15) is 5.82 Å². The first-order valence-electron chi connectivity index (χ1n) is 5.64. The topological polar surface area (TPSA) is 41.1 Å². The van der Waals surface area contributed by atoms with E-state index >= 15 is 0 Å². The minimum atomic E-state index is -0.474. The molecule has 2 aromatic carbocycles. The summed E-state index contributed by atoms with van der Waals surface area (Å²) >= 11 is 5.97. The largest absolute Gasteiger partial charge is 0.323 e. The Labute approximate surface area is 115 Å². The first-order valence-corrected chi connectivity index (χ1v) is 6.02. The Kier molecular flexibility index (Phi) is 4.02. The number of carbonyl (C=O) groups is 1. The molecule has 0 aliphatic heterocycles. The van der Waals surface area contributed by atoms with Crippen molar-refractivity contribution in [1.29, 1.82) is 0 Å². The molecule has 5 heteroatoms. The number of urea groups is 1. The van der Waals surface area contributed by atoms with Crippen LogP contribution in [0.1, 0.15) is 5.56 Å². The van der Waals surface area contributed by atoms with Gasteiger partial charge < -0.3 is 10.6 Å². The van der Waals surface area contributed by atoms with Gasteiger partial charge in [-0.05, 0) is 42.8 Å². The quantitative estimate of drug-likeness (QED) is 0.838. The Morgan fingerprint density at radius 2 is 1.95 bits per heavy atom. The molecular formula is C14H12ClFN2O. The van der Waals surface area contributed by atoms with Gasteiger partial charge in [-0.2, -0.15) is 0 Å². The van der Waals surface area contributed by atoms with Crippen molar-refractivity contribution in [3.8, 4) is 0 Å². The van der Waals surface area contributed by atoms with Crippen molar-refractivity contribution in [1.82, 2.24) is 0 Å². The fraction of sp³-hybridized carbons (Fsp3) is 0.0714. The highest BCUT2D eigenvalue weighted by Crippen LogP contribution is 2.22. The van der Waals surface area contributed by atoms with Gasteiger partial charge in [-0.15, -0.1) is 0 Å². The molecule has 98 valence electrons. The number of hydrogen-bond acceptors (Lipinski definition) is 1. The first-order chi connectivity index (χ1) is 9.04. The number of amides is 2. The normalized spacial score (nSPS) is 10.1. The van der Waals surface area contributed by atoms with E-state index in [0.717, 1.165) is 5.56 Å². The third-order valence-electron chi connectivity index (χ3n) is 2.45. The minimum absolute atomic E-state index is 0.376. The van der Waals surface area contributed by atoms with Gasteiger partial charge in [0, 0.05) is 5.69 Å². The van der Waals surface area contributed by atoms with Gasteiger partial charge in [-0.25, -0.2) is 9.18 Å². The molecule has 0 saturated carbocycles. The van der Waals surface area contributed by atoms with Crippen LogP contribution in [0.15, 0.2) is 42.5 Å². The molecule has 0 aliphatic rings. The molecule has 0 aliphatic carbocycles. The van der Waals surface area contributed by atoms with Gasteiger partial charge in [0.2, 0.25) is 0 Å². The highest BCUT2D eigenvalue weighted by Gasteiger charge is 2.06. The lowest BCUT2D eigenvalue weighted by Gasteiger charge is -2.09. The zero-order valence-electron chi connectivity index (χ0n) is 10.2. The van der Waals surface area contributed by atoms with E-state index in [1.807, 2.05) is 13.0 Å². The second-order valence-corrected chi connectivity index (χ2v) is 4.48. The lowest BCUT2D eigenvalue weighted by Crippen LogP contribution is -2.19. The van der Waals surface area contributed by atoms with Gasteiger partial charge in [0.15, 0.2) is 0 Å². The SMILES string of the molecule is Cc1ccc(Cl)c(NC(=O)Nc2cccc(F)c2)c1. The summed E-state index contributed by atoms with van der Waals surface area (Å²) in [5, 5.41) is 5.59. The van der Waals surface area contributed by atoms with Gasteiger partial charge in [0.25, 0.3) is 0 Å². The second kappa shape index (κ2) is 5.71. The summed E-state index contributed by atoms with van der Waals surface area (Å²) in [5.74, 6) is -0.411. The van der Waals surface area contributed by atoms with E-state index < -0.39 is 11.8 Å². The van der Waals surface area contributed by atoms with E-state index in [0.29, 0.717) is 16.4 Å². The molecule has 0 atom stereocenters. The highest BCUT2D eigenvalue weighted by atomic mass is 35.5. The van der Waals surface area contributed by atoms with Crippen molar-refractivity contribution in [2.45, 2.75) is 6.92 Å². The Morgan fingerprint density at radius 3 is 2.68 bits per heavy atom. The summed E-state index contributed by atoms with van der Waals surface area (Å²) in [5.41, 5.74) is 1.86. The van der Waals surface area contributed by atoms with Crippen LogP contribution in [0.4, 0.5) is 20.6 Å². The van der Waals surface area contributed by atoms with Crippen molar-refractivity contribution in [2.24, 2.45) is 0 Å². The molecule has 3 nitrogen and oxygen atoms in total. The standard InChI is InChI=1S/C14H12ClFN2O/c1-9-5-6-12(15)13(7-9)18-14(19)17-11-4-2-3-10(16)8-11/h2-8H,1H3,(H2,17,18,19). The molecule has 2 rings (SSSR count). The summed E-state index contributed by atoms with van der Waals surface area (Å²) in [7, 11) is 0. The fourth-order valence-electron chi connectivity index (χ4n) is 1.59. The number of hydrogen-bond donors (Lipinski definition) is 2. The molecule has 0 fully saturated rings. The van der Waals surface area contributed by atoms with Crippen LogP contribution in [0.2, 0.25) is 5.02 Å². The van der Waals surface area contributed by atoms with Crippen LogP contribution in [0.25, 0.3) is 0 Å². The van der Waals surface area contributed by atoms with Gasteiger partial charge in [-0.3, -0.25) is 0 Å². The fourth-order valence-corrected chi connectivity index (χ4v) is 1.75. The number of rotatable bonds is 2. The maximum atomic E-state index is 13.0. The number of anilines is 2. The third-order valence-corrected chi connectivity index (χ3v) is 2.78. The lowest BCUT2D eigenvalue weighted by atomic mass is 10.2. The Morgan fingerprint density at radius 1 is 1.16 bits per heavy atom. The summed E-state index contributed by atoms with van der Waals surface area (Å²) in [6, 6.07) is 10.5. The summed E-state index contributed by atoms with van der Waals surface area (Å²) in [4.78, 5) is 11.8. The van der Waals surface area contributed by atoms with E-state index in [2.05, 4.69) is 10.6 Å². The van der Waals surface area contributed by atoms with Crippen LogP contribution in [-0.2, 0) is 0 Å². The van der Waals surface area contributed by atoms with E-state index in [1.54, 1.807) is 18.2 Å². The molecule has 0 heterocycles. The van der Waals surface area contributed by atoms with Crippen molar-refractivity contribution in [2.75, 3.05) is 10.6 Å². The van der Waals surface area contributed by atoms with Crippen molar-refractivity contribution in [3.05, 3.63) is 58.9 Å². The molecule has 0 unspecified atom stereocenters. The number of nitrogens with one attached hydrogen (secondary N) is 2. The molecule has 0 spiro atoms. The Balaban J connectivity index is 2.07.